The van der Waals surface area contributed by atoms with Crippen LogP contribution in [-0.2, 0) is 4.79 Å². The van der Waals surface area contributed by atoms with Gasteiger partial charge >= 0.3 is 0 Å². The monoisotopic (exact) mass is 280 g/mol. The van der Waals surface area contributed by atoms with Gasteiger partial charge in [-0.15, -0.1) is 23.5 Å². The lowest BCUT2D eigenvalue weighted by atomic mass is 9.96. The Morgan fingerprint density at radius 3 is 2.33 bits per heavy atom. The van der Waals surface area contributed by atoms with Crippen LogP contribution in [0.1, 0.15) is 23.7 Å². The van der Waals surface area contributed by atoms with Crippen molar-refractivity contribution >= 4 is 35.1 Å². The van der Waals surface area contributed by atoms with Crippen molar-refractivity contribution in [1.29, 1.82) is 0 Å². The molecule has 2 nitrogen and oxygen atoms in total. The molecule has 0 aliphatic carbocycles. The predicted octanol–water partition coefficient (Wildman–Crippen LogP) is 3.27. The number of carbonyl (C=O) groups excluding carboxylic acids is 2. The third-order valence-corrected chi connectivity index (χ3v) is 5.97. The molecule has 1 aliphatic heterocycles. The molecule has 96 valence electrons. The SMILES string of the molecule is CC(=O)C(C(=O)c1ccccc1)C1SCCCS1. The van der Waals surface area contributed by atoms with Crippen molar-refractivity contribution in [3.8, 4) is 0 Å². The lowest BCUT2D eigenvalue weighted by Crippen LogP contribution is -2.32. The van der Waals surface area contributed by atoms with Gasteiger partial charge in [0.05, 0.1) is 4.58 Å². The van der Waals surface area contributed by atoms with Crippen LogP contribution in [0.3, 0.4) is 0 Å². The van der Waals surface area contributed by atoms with E-state index in [-0.39, 0.29) is 16.1 Å². The van der Waals surface area contributed by atoms with E-state index in [9.17, 15) is 9.59 Å². The minimum Gasteiger partial charge on any atom is -0.299 e. The Labute approximate surface area is 116 Å². The molecule has 1 unspecified atom stereocenters. The average Bonchev–Trinajstić information content (AvgIpc) is 2.40. The maximum atomic E-state index is 12.4. The maximum Gasteiger partial charge on any atom is 0.175 e. The van der Waals surface area contributed by atoms with Crippen LogP contribution in [0, 0.1) is 5.92 Å². The number of hydrogen-bond acceptors (Lipinski definition) is 4. The van der Waals surface area contributed by atoms with Crippen molar-refractivity contribution in [3.05, 3.63) is 35.9 Å². The molecule has 4 heteroatoms. The summed E-state index contributed by atoms with van der Waals surface area (Å²) < 4.78 is 0.0870. The van der Waals surface area contributed by atoms with E-state index in [0.717, 1.165) is 17.9 Å². The second-order valence-electron chi connectivity index (χ2n) is 4.28. The van der Waals surface area contributed by atoms with E-state index in [4.69, 9.17) is 0 Å². The van der Waals surface area contributed by atoms with Crippen molar-refractivity contribution in [1.82, 2.24) is 0 Å². The minimum atomic E-state index is -0.498. The summed E-state index contributed by atoms with van der Waals surface area (Å²) in [5, 5.41) is 0. The first kappa shape index (κ1) is 13.7. The molecule has 1 atom stereocenters. The van der Waals surface area contributed by atoms with Gasteiger partial charge in [0, 0.05) is 5.56 Å². The standard InChI is InChI=1S/C14H16O2S2/c1-10(15)12(14-17-8-5-9-18-14)13(16)11-6-3-2-4-7-11/h2-4,6-7,12,14H,5,8-9H2,1H3. The van der Waals surface area contributed by atoms with Crippen LogP contribution < -0.4 is 0 Å². The molecule has 1 heterocycles. The summed E-state index contributed by atoms with van der Waals surface area (Å²) in [7, 11) is 0. The van der Waals surface area contributed by atoms with Gasteiger partial charge in [-0.25, -0.2) is 0 Å². The Kier molecular flexibility index (Phi) is 4.89. The van der Waals surface area contributed by atoms with Gasteiger partial charge in [-0.2, -0.15) is 0 Å². The summed E-state index contributed by atoms with van der Waals surface area (Å²) in [5.41, 5.74) is 0.643. The van der Waals surface area contributed by atoms with Crippen molar-refractivity contribution in [3.63, 3.8) is 0 Å². The summed E-state index contributed by atoms with van der Waals surface area (Å²) in [6, 6.07) is 9.13. The number of thioether (sulfide) groups is 2. The van der Waals surface area contributed by atoms with Gasteiger partial charge in [0.2, 0.25) is 0 Å². The van der Waals surface area contributed by atoms with Crippen molar-refractivity contribution < 1.29 is 9.59 Å². The van der Waals surface area contributed by atoms with E-state index in [1.807, 2.05) is 18.2 Å². The second-order valence-corrected chi connectivity index (χ2v) is 7.08. The van der Waals surface area contributed by atoms with Gasteiger partial charge in [-0.1, -0.05) is 30.3 Å². The predicted molar refractivity (Wildman–Crippen MR) is 78.3 cm³/mol. The van der Waals surface area contributed by atoms with Crippen LogP contribution in [0.15, 0.2) is 30.3 Å². The Hall–Kier alpha value is -0.740. The maximum absolute atomic E-state index is 12.4. The normalized spacial score (nSPS) is 18.3. The van der Waals surface area contributed by atoms with Crippen molar-refractivity contribution in [2.75, 3.05) is 11.5 Å². The molecule has 1 aliphatic rings. The Balaban J connectivity index is 2.19. The third-order valence-electron chi connectivity index (χ3n) is 2.90. The second kappa shape index (κ2) is 6.43. The molecule has 0 N–H and O–H groups in total. The fourth-order valence-corrected chi connectivity index (χ4v) is 5.23. The zero-order valence-electron chi connectivity index (χ0n) is 10.3. The zero-order chi connectivity index (χ0) is 13.0. The molecule has 0 saturated carbocycles. The molecule has 0 aromatic heterocycles. The summed E-state index contributed by atoms with van der Waals surface area (Å²) >= 11 is 3.49. The largest absolute Gasteiger partial charge is 0.299 e. The van der Waals surface area contributed by atoms with Gasteiger partial charge < -0.3 is 0 Å². The molecule has 18 heavy (non-hydrogen) atoms. The van der Waals surface area contributed by atoms with Crippen LogP contribution in [0.25, 0.3) is 0 Å². The molecule has 0 amide bonds. The molecule has 0 bridgehead atoms. The Morgan fingerprint density at radius 2 is 1.78 bits per heavy atom. The zero-order valence-corrected chi connectivity index (χ0v) is 11.9. The topological polar surface area (TPSA) is 34.1 Å². The van der Waals surface area contributed by atoms with Crippen LogP contribution in [0.2, 0.25) is 0 Å². The van der Waals surface area contributed by atoms with E-state index in [0.29, 0.717) is 5.56 Å². The molecule has 1 aromatic carbocycles. The van der Waals surface area contributed by atoms with Gasteiger partial charge in [0.1, 0.15) is 11.7 Å². The average molecular weight is 280 g/mol. The van der Waals surface area contributed by atoms with Gasteiger partial charge in [0.25, 0.3) is 0 Å². The first-order chi connectivity index (χ1) is 8.70. The van der Waals surface area contributed by atoms with Gasteiger partial charge in [-0.05, 0) is 24.9 Å². The molecule has 1 saturated heterocycles. The first-order valence-electron chi connectivity index (χ1n) is 6.03. The molecular formula is C14H16O2S2. The molecular weight excluding hydrogens is 264 g/mol. The highest BCUT2D eigenvalue weighted by molar-refractivity contribution is 8.17. The van der Waals surface area contributed by atoms with Crippen LogP contribution in [0.4, 0.5) is 0 Å². The highest BCUT2D eigenvalue weighted by Crippen LogP contribution is 2.37. The Morgan fingerprint density at radius 1 is 1.17 bits per heavy atom. The molecule has 2 rings (SSSR count). The summed E-state index contributed by atoms with van der Waals surface area (Å²) in [6.45, 7) is 1.53. The van der Waals surface area contributed by atoms with E-state index in [2.05, 4.69) is 0 Å². The minimum absolute atomic E-state index is 0.0178. The Bertz CT molecular complexity index is 425. The van der Waals surface area contributed by atoms with E-state index < -0.39 is 5.92 Å². The fourth-order valence-electron chi connectivity index (χ4n) is 1.98. The fraction of sp³-hybridized carbons (Fsp3) is 0.429. The molecule has 0 radical (unpaired) electrons. The lowest BCUT2D eigenvalue weighted by Gasteiger charge is -2.26. The smallest absolute Gasteiger partial charge is 0.175 e. The van der Waals surface area contributed by atoms with Gasteiger partial charge in [0.15, 0.2) is 5.78 Å². The van der Waals surface area contributed by atoms with Crippen molar-refractivity contribution in [2.45, 2.75) is 17.9 Å². The summed E-state index contributed by atoms with van der Waals surface area (Å²) in [4.78, 5) is 24.2. The number of hydrogen-bond donors (Lipinski definition) is 0. The van der Waals surface area contributed by atoms with Gasteiger partial charge in [-0.3, -0.25) is 9.59 Å². The lowest BCUT2D eigenvalue weighted by molar-refractivity contribution is -0.119. The van der Waals surface area contributed by atoms with E-state index in [1.165, 1.54) is 6.92 Å². The number of Topliss-reactive ketones (excluding diaryl/α,β-unsaturated/α-hetero) is 2. The first-order valence-corrected chi connectivity index (χ1v) is 8.13. The highest BCUT2D eigenvalue weighted by atomic mass is 32.2. The van der Waals surface area contributed by atoms with Crippen LogP contribution in [-0.4, -0.2) is 27.7 Å². The molecule has 1 fully saturated rings. The van der Waals surface area contributed by atoms with E-state index in [1.54, 1.807) is 35.7 Å². The molecule has 0 spiro atoms. The highest BCUT2D eigenvalue weighted by Gasteiger charge is 2.34. The number of carbonyl (C=O) groups is 2. The quantitative estimate of drug-likeness (QED) is 0.626. The number of ketones is 2. The van der Waals surface area contributed by atoms with E-state index >= 15 is 0 Å². The number of rotatable bonds is 4. The van der Waals surface area contributed by atoms with Crippen LogP contribution >= 0.6 is 23.5 Å². The number of benzene rings is 1. The van der Waals surface area contributed by atoms with Crippen molar-refractivity contribution in [2.24, 2.45) is 5.92 Å². The molecule has 1 aromatic rings. The summed E-state index contributed by atoms with van der Waals surface area (Å²) in [5.74, 6) is 1.54. The van der Waals surface area contributed by atoms with Crippen LogP contribution in [0.5, 0.6) is 0 Å². The summed E-state index contributed by atoms with van der Waals surface area (Å²) in [6.07, 6.45) is 1.16. The third kappa shape index (κ3) is 3.18.